The quantitative estimate of drug-likeness (QED) is 0.480. The lowest BCUT2D eigenvalue weighted by Gasteiger charge is -1.98. The van der Waals surface area contributed by atoms with Crippen LogP contribution in [0.2, 0.25) is 5.02 Å². The number of terminal acetylenes is 1. The molecule has 0 aromatic heterocycles. The SMILES string of the molecule is C#CNc1ccccc1Cl. The summed E-state index contributed by atoms with van der Waals surface area (Å²) in [6, 6.07) is 9.61. The first-order valence-corrected chi connectivity index (χ1v) is 3.18. The molecule has 0 spiro atoms. The normalized spacial score (nSPS) is 8.40. The monoisotopic (exact) mass is 151 g/mol. The van der Waals surface area contributed by atoms with Gasteiger partial charge in [-0.1, -0.05) is 30.2 Å². The Morgan fingerprint density at radius 3 is 2.70 bits per heavy atom. The molecule has 10 heavy (non-hydrogen) atoms. The van der Waals surface area contributed by atoms with Crippen LogP contribution in [0, 0.1) is 12.5 Å². The van der Waals surface area contributed by atoms with E-state index in [1.54, 1.807) is 6.07 Å². The number of halogens is 1. The summed E-state index contributed by atoms with van der Waals surface area (Å²) in [5, 5.41) is 3.31. The molecule has 0 aliphatic rings. The number of rotatable bonds is 1. The number of nitrogens with one attached hydrogen (secondary N) is 1. The molecule has 0 amide bonds. The third-order valence-corrected chi connectivity index (χ3v) is 1.41. The van der Waals surface area contributed by atoms with Gasteiger partial charge in [-0.25, -0.2) is 0 Å². The van der Waals surface area contributed by atoms with Crippen molar-refractivity contribution in [1.82, 2.24) is 0 Å². The second-order valence-electron chi connectivity index (χ2n) is 1.75. The molecule has 0 radical (unpaired) electrons. The fourth-order valence-corrected chi connectivity index (χ4v) is 0.823. The van der Waals surface area contributed by atoms with E-state index >= 15 is 0 Å². The van der Waals surface area contributed by atoms with Crippen LogP contribution < -0.4 is 5.32 Å². The molecule has 0 aliphatic heterocycles. The molecule has 0 bridgehead atoms. The first-order valence-electron chi connectivity index (χ1n) is 2.81. The topological polar surface area (TPSA) is 12.0 Å². The highest BCUT2D eigenvalue weighted by atomic mass is 35.5. The van der Waals surface area contributed by atoms with Crippen molar-refractivity contribution in [1.29, 1.82) is 0 Å². The summed E-state index contributed by atoms with van der Waals surface area (Å²) in [6.07, 6.45) is 5.01. The van der Waals surface area contributed by atoms with Gasteiger partial charge in [0.15, 0.2) is 0 Å². The Morgan fingerprint density at radius 1 is 1.40 bits per heavy atom. The van der Waals surface area contributed by atoms with Crippen molar-refractivity contribution < 1.29 is 0 Å². The van der Waals surface area contributed by atoms with Gasteiger partial charge >= 0.3 is 0 Å². The third-order valence-electron chi connectivity index (χ3n) is 1.08. The van der Waals surface area contributed by atoms with Crippen LogP contribution in [-0.2, 0) is 0 Å². The van der Waals surface area contributed by atoms with Gasteiger partial charge in [-0.15, -0.1) is 0 Å². The van der Waals surface area contributed by atoms with E-state index in [1.165, 1.54) is 0 Å². The van der Waals surface area contributed by atoms with Gasteiger partial charge in [0.1, 0.15) is 0 Å². The molecular formula is C8H6ClN. The Labute approximate surface area is 65.0 Å². The van der Waals surface area contributed by atoms with E-state index in [2.05, 4.69) is 11.4 Å². The molecule has 50 valence electrons. The van der Waals surface area contributed by atoms with Crippen LogP contribution in [0.25, 0.3) is 0 Å². The highest BCUT2D eigenvalue weighted by molar-refractivity contribution is 6.33. The van der Waals surface area contributed by atoms with Gasteiger partial charge in [0.05, 0.1) is 10.7 Å². The summed E-state index contributed by atoms with van der Waals surface area (Å²) in [7, 11) is 0. The van der Waals surface area contributed by atoms with Crippen molar-refractivity contribution in [3.8, 4) is 12.5 Å². The molecule has 1 aromatic rings. The maximum absolute atomic E-state index is 5.74. The van der Waals surface area contributed by atoms with Gasteiger partial charge in [-0.3, -0.25) is 0 Å². The first kappa shape index (κ1) is 6.98. The average molecular weight is 152 g/mol. The van der Waals surface area contributed by atoms with Crippen LogP contribution in [0.5, 0.6) is 0 Å². The van der Waals surface area contributed by atoms with E-state index in [1.807, 2.05) is 18.2 Å². The van der Waals surface area contributed by atoms with E-state index in [-0.39, 0.29) is 0 Å². The van der Waals surface area contributed by atoms with Crippen LogP contribution in [0.3, 0.4) is 0 Å². The molecule has 0 saturated heterocycles. The second kappa shape index (κ2) is 3.14. The predicted molar refractivity (Wildman–Crippen MR) is 43.9 cm³/mol. The summed E-state index contributed by atoms with van der Waals surface area (Å²) < 4.78 is 0. The van der Waals surface area contributed by atoms with Gasteiger partial charge in [-0.05, 0) is 12.1 Å². The van der Waals surface area contributed by atoms with Gasteiger partial charge in [0.2, 0.25) is 0 Å². The minimum absolute atomic E-state index is 0.639. The zero-order chi connectivity index (χ0) is 7.40. The lowest BCUT2D eigenvalue weighted by atomic mass is 10.3. The fourth-order valence-electron chi connectivity index (χ4n) is 0.640. The summed E-state index contributed by atoms with van der Waals surface area (Å²) in [6.45, 7) is 0. The molecule has 2 heteroatoms. The van der Waals surface area contributed by atoms with Gasteiger partial charge < -0.3 is 5.32 Å². The van der Waals surface area contributed by atoms with Crippen LogP contribution in [0.1, 0.15) is 0 Å². The maximum Gasteiger partial charge on any atom is 0.0646 e. The Bertz CT molecular complexity index is 262. The number of hydrogen-bond donors (Lipinski definition) is 1. The molecule has 1 aromatic carbocycles. The number of para-hydroxylation sites is 1. The zero-order valence-electron chi connectivity index (χ0n) is 5.26. The van der Waals surface area contributed by atoms with Gasteiger partial charge in [0, 0.05) is 6.04 Å². The lowest BCUT2D eigenvalue weighted by molar-refractivity contribution is 1.63. The molecule has 0 aliphatic carbocycles. The molecule has 1 rings (SSSR count). The highest BCUT2D eigenvalue weighted by Gasteiger charge is 1.92. The van der Waals surface area contributed by atoms with Gasteiger partial charge in [-0.2, -0.15) is 0 Å². The van der Waals surface area contributed by atoms with Crippen molar-refractivity contribution in [2.24, 2.45) is 0 Å². The molecule has 0 heterocycles. The molecule has 1 nitrogen and oxygen atoms in total. The number of hydrogen-bond acceptors (Lipinski definition) is 1. The van der Waals surface area contributed by atoms with E-state index in [9.17, 15) is 0 Å². The maximum atomic E-state index is 5.74. The Balaban J connectivity index is 2.94. The van der Waals surface area contributed by atoms with Crippen LogP contribution in [-0.4, -0.2) is 0 Å². The van der Waals surface area contributed by atoms with E-state index in [0.29, 0.717) is 5.02 Å². The van der Waals surface area contributed by atoms with Gasteiger partial charge in [0.25, 0.3) is 0 Å². The molecule has 0 atom stereocenters. The lowest BCUT2D eigenvalue weighted by Crippen LogP contribution is -1.86. The second-order valence-corrected chi connectivity index (χ2v) is 2.16. The number of anilines is 1. The summed E-state index contributed by atoms with van der Waals surface area (Å²) >= 11 is 5.74. The smallest absolute Gasteiger partial charge is 0.0646 e. The van der Waals surface area contributed by atoms with Crippen molar-refractivity contribution in [2.75, 3.05) is 5.32 Å². The predicted octanol–water partition coefficient (Wildman–Crippen LogP) is 2.34. The van der Waals surface area contributed by atoms with E-state index in [0.717, 1.165) is 5.69 Å². The molecule has 0 unspecified atom stereocenters. The molecule has 0 saturated carbocycles. The summed E-state index contributed by atoms with van der Waals surface area (Å²) in [4.78, 5) is 0. The van der Waals surface area contributed by atoms with Crippen molar-refractivity contribution in [3.63, 3.8) is 0 Å². The third kappa shape index (κ3) is 1.43. The summed E-state index contributed by atoms with van der Waals surface area (Å²) in [5.41, 5.74) is 0.770. The van der Waals surface area contributed by atoms with Crippen molar-refractivity contribution in [3.05, 3.63) is 29.3 Å². The largest absolute Gasteiger partial charge is 0.314 e. The van der Waals surface area contributed by atoms with Crippen LogP contribution >= 0.6 is 11.6 Å². The molecule has 1 N–H and O–H groups in total. The molecule has 0 fully saturated rings. The minimum atomic E-state index is 0.639. The minimum Gasteiger partial charge on any atom is -0.314 e. The van der Waals surface area contributed by atoms with Crippen molar-refractivity contribution >= 4 is 17.3 Å². The van der Waals surface area contributed by atoms with Crippen LogP contribution in [0.15, 0.2) is 24.3 Å². The Morgan fingerprint density at radius 2 is 2.10 bits per heavy atom. The van der Waals surface area contributed by atoms with Crippen LogP contribution in [0.4, 0.5) is 5.69 Å². The molecular weight excluding hydrogens is 146 g/mol. The van der Waals surface area contributed by atoms with E-state index in [4.69, 9.17) is 18.0 Å². The fraction of sp³-hybridized carbons (Fsp3) is 0. The number of benzene rings is 1. The first-order chi connectivity index (χ1) is 4.84. The highest BCUT2D eigenvalue weighted by Crippen LogP contribution is 2.19. The Kier molecular flexibility index (Phi) is 2.20. The van der Waals surface area contributed by atoms with E-state index < -0.39 is 0 Å². The Hall–Kier alpha value is -1.13. The average Bonchev–Trinajstić information content (AvgIpc) is 1.94. The zero-order valence-corrected chi connectivity index (χ0v) is 6.02. The summed E-state index contributed by atoms with van der Waals surface area (Å²) in [5.74, 6) is 0. The van der Waals surface area contributed by atoms with Crippen molar-refractivity contribution in [2.45, 2.75) is 0 Å². The standard InChI is InChI=1S/C8H6ClN/c1-2-10-8-6-4-3-5-7(8)9/h1,3-6,10H.